The topological polar surface area (TPSA) is 93.6 Å². The molecule has 2 rings (SSSR count). The average molecular weight is 254 g/mol. The molecule has 0 aliphatic rings. The van der Waals surface area contributed by atoms with Crippen LogP contribution in [-0.2, 0) is 0 Å². The molecule has 0 aliphatic carbocycles. The van der Waals surface area contributed by atoms with Crippen LogP contribution in [0.4, 0.5) is 11.6 Å². The van der Waals surface area contributed by atoms with Crippen LogP contribution in [0.2, 0.25) is 0 Å². The van der Waals surface area contributed by atoms with Crippen LogP contribution in [0.1, 0.15) is 0 Å². The lowest BCUT2D eigenvalue weighted by Gasteiger charge is -2.00. The van der Waals surface area contributed by atoms with Gasteiger partial charge in [-0.15, -0.1) is 5.10 Å². The summed E-state index contributed by atoms with van der Waals surface area (Å²) in [5.41, 5.74) is 12.6. The van der Waals surface area contributed by atoms with Crippen LogP contribution in [0.5, 0.6) is 0 Å². The minimum Gasteiger partial charge on any atom is -0.398 e. The van der Waals surface area contributed by atoms with Gasteiger partial charge in [0.1, 0.15) is 0 Å². The van der Waals surface area contributed by atoms with Crippen molar-refractivity contribution in [2.45, 2.75) is 0 Å². The van der Waals surface area contributed by atoms with Crippen LogP contribution in [-0.4, -0.2) is 15.2 Å². The van der Waals surface area contributed by atoms with E-state index >= 15 is 0 Å². The lowest BCUT2D eigenvalue weighted by Crippen LogP contribution is -1.89. The van der Waals surface area contributed by atoms with Crippen LogP contribution in [0.3, 0.4) is 0 Å². The number of anilines is 2. The van der Waals surface area contributed by atoms with Crippen molar-refractivity contribution in [1.29, 1.82) is 0 Å². The zero-order valence-electron chi connectivity index (χ0n) is 7.16. The van der Waals surface area contributed by atoms with Crippen LogP contribution >= 0.6 is 15.9 Å². The van der Waals surface area contributed by atoms with Gasteiger partial charge >= 0.3 is 0 Å². The van der Waals surface area contributed by atoms with Crippen molar-refractivity contribution in [1.82, 2.24) is 15.2 Å². The Morgan fingerprint density at radius 3 is 2.64 bits per heavy atom. The molecule has 0 atom stereocenters. The van der Waals surface area contributed by atoms with Crippen LogP contribution in [0.15, 0.2) is 22.7 Å². The quantitative estimate of drug-likeness (QED) is 0.670. The number of aromatic nitrogens is 3. The molecule has 14 heavy (non-hydrogen) atoms. The van der Waals surface area contributed by atoms with E-state index in [4.69, 9.17) is 11.5 Å². The third-order valence-electron chi connectivity index (χ3n) is 1.77. The molecule has 72 valence electrons. The van der Waals surface area contributed by atoms with Crippen molar-refractivity contribution >= 4 is 27.6 Å². The molecule has 5 N–H and O–H groups in total. The first-order valence-corrected chi connectivity index (χ1v) is 4.69. The highest BCUT2D eigenvalue weighted by atomic mass is 79.9. The number of rotatable bonds is 1. The molecule has 0 saturated heterocycles. The molecule has 1 aromatic heterocycles. The van der Waals surface area contributed by atoms with Crippen molar-refractivity contribution in [2.24, 2.45) is 0 Å². The van der Waals surface area contributed by atoms with Crippen molar-refractivity contribution in [3.8, 4) is 11.4 Å². The Balaban J connectivity index is 2.47. The summed E-state index contributed by atoms with van der Waals surface area (Å²) in [5.74, 6) is 0.836. The highest BCUT2D eigenvalue weighted by Gasteiger charge is 2.04. The zero-order valence-corrected chi connectivity index (χ0v) is 8.75. The summed E-state index contributed by atoms with van der Waals surface area (Å²) in [6.07, 6.45) is 0. The summed E-state index contributed by atoms with van der Waals surface area (Å²) in [4.78, 5) is 3.99. The van der Waals surface area contributed by atoms with Gasteiger partial charge in [0.25, 0.3) is 0 Å². The molecule has 0 saturated carbocycles. The number of hydrogen-bond acceptors (Lipinski definition) is 4. The average Bonchev–Trinajstić information content (AvgIpc) is 2.57. The van der Waals surface area contributed by atoms with Gasteiger partial charge in [-0.1, -0.05) is 0 Å². The SMILES string of the molecule is Nc1n[nH]c(-c2ccc(Br)c(N)c2)n1. The van der Waals surface area contributed by atoms with Gasteiger partial charge in [-0.2, -0.15) is 4.98 Å². The maximum atomic E-state index is 5.72. The molecular weight excluding hydrogens is 246 g/mol. The lowest BCUT2D eigenvalue weighted by molar-refractivity contribution is 1.10. The third-order valence-corrected chi connectivity index (χ3v) is 2.49. The third kappa shape index (κ3) is 1.56. The Bertz CT molecular complexity index is 465. The smallest absolute Gasteiger partial charge is 0.239 e. The number of nitrogens with one attached hydrogen (secondary N) is 1. The van der Waals surface area contributed by atoms with Crippen LogP contribution in [0.25, 0.3) is 11.4 Å². The van der Waals surface area contributed by atoms with Gasteiger partial charge in [0.05, 0.1) is 0 Å². The number of benzene rings is 1. The number of aromatic amines is 1. The molecule has 0 spiro atoms. The van der Waals surface area contributed by atoms with E-state index in [1.807, 2.05) is 12.1 Å². The molecule has 0 radical (unpaired) electrons. The molecule has 0 amide bonds. The van der Waals surface area contributed by atoms with E-state index < -0.39 is 0 Å². The van der Waals surface area contributed by atoms with E-state index in [0.717, 1.165) is 10.0 Å². The highest BCUT2D eigenvalue weighted by Crippen LogP contribution is 2.24. The standard InChI is InChI=1S/C8H8BrN5/c9-5-2-1-4(3-6(5)10)7-12-8(11)14-13-7/h1-3H,10H2,(H3,11,12,13,14). The first kappa shape index (κ1) is 9.01. The maximum Gasteiger partial charge on any atom is 0.239 e. The van der Waals surface area contributed by atoms with E-state index in [9.17, 15) is 0 Å². The number of H-pyrrole nitrogens is 1. The summed E-state index contributed by atoms with van der Waals surface area (Å²) in [6.45, 7) is 0. The second-order valence-electron chi connectivity index (χ2n) is 2.78. The number of halogens is 1. The summed E-state index contributed by atoms with van der Waals surface area (Å²) in [5, 5.41) is 6.45. The zero-order chi connectivity index (χ0) is 10.1. The molecule has 1 heterocycles. The Morgan fingerprint density at radius 2 is 2.07 bits per heavy atom. The second-order valence-corrected chi connectivity index (χ2v) is 3.63. The van der Waals surface area contributed by atoms with Crippen molar-refractivity contribution in [3.05, 3.63) is 22.7 Å². The van der Waals surface area contributed by atoms with Crippen molar-refractivity contribution in [3.63, 3.8) is 0 Å². The van der Waals surface area contributed by atoms with Gasteiger partial charge < -0.3 is 11.5 Å². The minimum absolute atomic E-state index is 0.224. The molecule has 2 aromatic rings. The monoisotopic (exact) mass is 253 g/mol. The largest absolute Gasteiger partial charge is 0.398 e. The summed E-state index contributed by atoms with van der Waals surface area (Å²) in [6, 6.07) is 5.52. The Morgan fingerprint density at radius 1 is 1.29 bits per heavy atom. The number of hydrogen-bond donors (Lipinski definition) is 3. The molecule has 1 aromatic carbocycles. The van der Waals surface area contributed by atoms with E-state index in [1.54, 1.807) is 6.07 Å². The molecule has 0 bridgehead atoms. The maximum absolute atomic E-state index is 5.72. The fourth-order valence-electron chi connectivity index (χ4n) is 1.09. The Hall–Kier alpha value is -1.56. The first-order valence-electron chi connectivity index (χ1n) is 3.90. The normalized spacial score (nSPS) is 10.4. The van der Waals surface area contributed by atoms with Gasteiger partial charge in [-0.25, -0.2) is 0 Å². The summed E-state index contributed by atoms with van der Waals surface area (Å²) >= 11 is 3.31. The molecule has 0 unspecified atom stereocenters. The summed E-state index contributed by atoms with van der Waals surface area (Å²) in [7, 11) is 0. The summed E-state index contributed by atoms with van der Waals surface area (Å²) < 4.78 is 0.855. The minimum atomic E-state index is 0.224. The fourth-order valence-corrected chi connectivity index (χ4v) is 1.34. The van der Waals surface area contributed by atoms with Crippen LogP contribution in [0, 0.1) is 0 Å². The molecule has 6 heteroatoms. The van der Waals surface area contributed by atoms with E-state index in [-0.39, 0.29) is 5.95 Å². The number of nitrogen functional groups attached to an aromatic ring is 2. The van der Waals surface area contributed by atoms with Gasteiger partial charge in [-0.05, 0) is 34.1 Å². The lowest BCUT2D eigenvalue weighted by atomic mass is 10.2. The van der Waals surface area contributed by atoms with E-state index in [0.29, 0.717) is 11.5 Å². The molecule has 0 fully saturated rings. The Kier molecular flexibility index (Phi) is 2.12. The number of nitrogens with zero attached hydrogens (tertiary/aromatic N) is 2. The molecular formula is C8H8BrN5. The van der Waals surface area contributed by atoms with Gasteiger partial charge in [0.15, 0.2) is 5.82 Å². The van der Waals surface area contributed by atoms with Crippen LogP contribution < -0.4 is 11.5 Å². The van der Waals surface area contributed by atoms with Gasteiger partial charge in [0, 0.05) is 15.7 Å². The fraction of sp³-hybridized carbons (Fsp3) is 0. The number of nitrogens with two attached hydrogens (primary N) is 2. The highest BCUT2D eigenvalue weighted by molar-refractivity contribution is 9.10. The van der Waals surface area contributed by atoms with E-state index in [1.165, 1.54) is 0 Å². The predicted octanol–water partition coefficient (Wildman–Crippen LogP) is 1.40. The van der Waals surface area contributed by atoms with Crippen molar-refractivity contribution < 1.29 is 0 Å². The van der Waals surface area contributed by atoms with Gasteiger partial charge in [0.2, 0.25) is 5.95 Å². The van der Waals surface area contributed by atoms with Crippen molar-refractivity contribution in [2.75, 3.05) is 11.5 Å². The Labute approximate surface area is 88.7 Å². The molecule has 0 aliphatic heterocycles. The second kappa shape index (κ2) is 3.30. The van der Waals surface area contributed by atoms with E-state index in [2.05, 4.69) is 31.1 Å². The van der Waals surface area contributed by atoms with Gasteiger partial charge in [-0.3, -0.25) is 5.10 Å². The predicted molar refractivity (Wildman–Crippen MR) is 58.3 cm³/mol. The molecule has 5 nitrogen and oxygen atoms in total. The first-order chi connectivity index (χ1) is 6.66.